The molecule has 0 fully saturated rings. The van der Waals surface area contributed by atoms with Crippen molar-refractivity contribution in [2.24, 2.45) is 0 Å². The van der Waals surface area contributed by atoms with Crippen molar-refractivity contribution >= 4 is 15.8 Å². The number of alkyl halides is 2. The maximum Gasteiger partial charge on any atom is 0.252 e. The summed E-state index contributed by atoms with van der Waals surface area (Å²) in [6, 6.07) is 2.60. The van der Waals surface area contributed by atoms with E-state index in [4.69, 9.17) is 5.73 Å². The second-order valence-electron chi connectivity index (χ2n) is 3.06. The van der Waals surface area contributed by atoms with Crippen LogP contribution in [-0.2, 0) is 10.0 Å². The van der Waals surface area contributed by atoms with Gasteiger partial charge in [-0.15, -0.1) is 0 Å². The summed E-state index contributed by atoms with van der Waals surface area (Å²) < 4.78 is 48.2. The highest BCUT2D eigenvalue weighted by molar-refractivity contribution is 7.89. The van der Waals surface area contributed by atoms with E-state index < -0.39 is 23.0 Å². The van der Waals surface area contributed by atoms with Crippen LogP contribution in [0.1, 0.15) is 0 Å². The molecule has 0 unspecified atom stereocenters. The highest BCUT2D eigenvalue weighted by atomic mass is 32.2. The van der Waals surface area contributed by atoms with E-state index >= 15 is 0 Å². The zero-order chi connectivity index (χ0) is 12.3. The summed E-state index contributed by atoms with van der Waals surface area (Å²) in [6.07, 6.45) is -1.42. The predicted octanol–water partition coefficient (Wildman–Crippen LogP) is 0.549. The molecule has 0 atom stereocenters. The molecule has 90 valence electrons. The van der Waals surface area contributed by atoms with Crippen molar-refractivity contribution in [3.8, 4) is 0 Å². The summed E-state index contributed by atoms with van der Waals surface area (Å²) in [7, 11) is -2.94. The maximum atomic E-state index is 12.1. The predicted molar refractivity (Wildman–Crippen MR) is 54.5 cm³/mol. The normalized spacial score (nSPS) is 12.3. The molecule has 0 spiro atoms. The third kappa shape index (κ3) is 2.64. The topological polar surface area (TPSA) is 76.3 Å². The zero-order valence-corrected chi connectivity index (χ0v) is 9.29. The second kappa shape index (κ2) is 4.71. The molecule has 1 aromatic heterocycles. The molecule has 0 bridgehead atoms. The number of nitrogen functional groups attached to an aromatic ring is 1. The van der Waals surface area contributed by atoms with E-state index in [1.54, 1.807) is 0 Å². The van der Waals surface area contributed by atoms with Crippen LogP contribution in [0.25, 0.3) is 0 Å². The summed E-state index contributed by atoms with van der Waals surface area (Å²) in [5, 5.41) is 0. The molecule has 0 saturated carbocycles. The number of hydrogen-bond acceptors (Lipinski definition) is 4. The van der Waals surface area contributed by atoms with Crippen molar-refractivity contribution in [1.29, 1.82) is 0 Å². The maximum absolute atomic E-state index is 12.1. The van der Waals surface area contributed by atoms with Crippen molar-refractivity contribution in [3.05, 3.63) is 18.3 Å². The molecule has 2 N–H and O–H groups in total. The minimum Gasteiger partial charge on any atom is -0.383 e. The van der Waals surface area contributed by atoms with E-state index in [0.717, 1.165) is 7.05 Å². The van der Waals surface area contributed by atoms with Gasteiger partial charge in [0.2, 0.25) is 10.0 Å². The average molecular weight is 251 g/mol. The molecular formula is C8H11F2N3O2S. The quantitative estimate of drug-likeness (QED) is 0.847. The third-order valence-electron chi connectivity index (χ3n) is 1.88. The molecule has 1 aromatic rings. The Morgan fingerprint density at radius 3 is 2.69 bits per heavy atom. The summed E-state index contributed by atoms with van der Waals surface area (Å²) >= 11 is 0. The molecule has 0 saturated heterocycles. The molecule has 0 aliphatic carbocycles. The van der Waals surface area contributed by atoms with E-state index in [1.165, 1.54) is 18.3 Å². The van der Waals surface area contributed by atoms with Gasteiger partial charge in [0.1, 0.15) is 10.7 Å². The summed E-state index contributed by atoms with van der Waals surface area (Å²) in [5.41, 5.74) is 5.37. The minimum atomic E-state index is -4.00. The van der Waals surface area contributed by atoms with Gasteiger partial charge in [0.15, 0.2) is 0 Å². The Balaban J connectivity index is 3.08. The number of nitrogens with two attached hydrogens (primary N) is 1. The fraction of sp³-hybridized carbons (Fsp3) is 0.375. The molecule has 0 amide bonds. The smallest absolute Gasteiger partial charge is 0.252 e. The molecule has 0 aromatic carbocycles. The van der Waals surface area contributed by atoms with Gasteiger partial charge in [0.25, 0.3) is 6.43 Å². The van der Waals surface area contributed by atoms with Crippen LogP contribution in [0.4, 0.5) is 14.6 Å². The van der Waals surface area contributed by atoms with Crippen LogP contribution >= 0.6 is 0 Å². The van der Waals surface area contributed by atoms with Crippen molar-refractivity contribution < 1.29 is 17.2 Å². The van der Waals surface area contributed by atoms with Gasteiger partial charge in [-0.1, -0.05) is 0 Å². The van der Waals surface area contributed by atoms with E-state index in [9.17, 15) is 17.2 Å². The molecule has 8 heteroatoms. The number of rotatable bonds is 4. The molecule has 1 heterocycles. The van der Waals surface area contributed by atoms with E-state index in [0.29, 0.717) is 4.31 Å². The van der Waals surface area contributed by atoms with Crippen molar-refractivity contribution in [1.82, 2.24) is 9.29 Å². The summed E-state index contributed by atoms with van der Waals surface area (Å²) in [4.78, 5) is 3.33. The number of pyridine rings is 1. The number of anilines is 1. The first-order chi connectivity index (χ1) is 7.35. The molecule has 1 rings (SSSR count). The number of sulfonamides is 1. The van der Waals surface area contributed by atoms with E-state index in [1.807, 2.05) is 0 Å². The van der Waals surface area contributed by atoms with Gasteiger partial charge in [-0.25, -0.2) is 22.2 Å². The lowest BCUT2D eigenvalue weighted by molar-refractivity contribution is 0.126. The standard InChI is InChI=1S/C8H11F2N3O2S/c1-13(5-7(9)10)16(14,15)6-3-2-4-12-8(6)11/h2-4,7H,5H2,1H3,(H2,11,12). The Morgan fingerprint density at radius 2 is 2.19 bits per heavy atom. The minimum absolute atomic E-state index is 0.205. The molecule has 0 aliphatic heterocycles. The van der Waals surface area contributed by atoms with Gasteiger partial charge in [-0.3, -0.25) is 0 Å². The van der Waals surface area contributed by atoms with Gasteiger partial charge in [0, 0.05) is 13.2 Å². The Bertz CT molecular complexity index is 464. The van der Waals surface area contributed by atoms with Crippen LogP contribution in [0.15, 0.2) is 23.2 Å². The molecule has 0 aliphatic rings. The van der Waals surface area contributed by atoms with Crippen LogP contribution in [0.2, 0.25) is 0 Å². The van der Waals surface area contributed by atoms with Gasteiger partial charge in [-0.2, -0.15) is 4.31 Å². The molecular weight excluding hydrogens is 240 g/mol. The first-order valence-electron chi connectivity index (χ1n) is 4.30. The van der Waals surface area contributed by atoms with Crippen LogP contribution in [-0.4, -0.2) is 37.7 Å². The van der Waals surface area contributed by atoms with Crippen LogP contribution in [0, 0.1) is 0 Å². The van der Waals surface area contributed by atoms with Crippen LogP contribution in [0.5, 0.6) is 0 Å². The van der Waals surface area contributed by atoms with Gasteiger partial charge in [-0.05, 0) is 12.1 Å². The number of hydrogen-bond donors (Lipinski definition) is 1. The summed E-state index contributed by atoms with van der Waals surface area (Å²) in [5.74, 6) is -0.205. The van der Waals surface area contributed by atoms with Crippen LogP contribution in [0.3, 0.4) is 0 Å². The Labute approximate surface area is 91.9 Å². The molecule has 5 nitrogen and oxygen atoms in total. The van der Waals surface area contributed by atoms with Gasteiger partial charge in [0.05, 0.1) is 6.54 Å². The van der Waals surface area contributed by atoms with Crippen molar-refractivity contribution in [2.45, 2.75) is 11.3 Å². The fourth-order valence-electron chi connectivity index (χ4n) is 1.08. The van der Waals surface area contributed by atoms with E-state index in [-0.39, 0.29) is 10.7 Å². The number of aromatic nitrogens is 1. The largest absolute Gasteiger partial charge is 0.383 e. The summed E-state index contributed by atoms with van der Waals surface area (Å²) in [6.45, 7) is -0.878. The third-order valence-corrected chi connectivity index (χ3v) is 3.75. The first kappa shape index (κ1) is 12.8. The monoisotopic (exact) mass is 251 g/mol. The highest BCUT2D eigenvalue weighted by Crippen LogP contribution is 2.19. The Hall–Kier alpha value is -1.28. The Kier molecular flexibility index (Phi) is 3.76. The molecule has 16 heavy (non-hydrogen) atoms. The fourth-order valence-corrected chi connectivity index (χ4v) is 2.29. The van der Waals surface area contributed by atoms with Gasteiger partial charge < -0.3 is 5.73 Å². The zero-order valence-electron chi connectivity index (χ0n) is 8.47. The lowest BCUT2D eigenvalue weighted by Gasteiger charge is -2.17. The lowest BCUT2D eigenvalue weighted by Crippen LogP contribution is -2.32. The number of nitrogens with zero attached hydrogens (tertiary/aromatic N) is 2. The second-order valence-corrected chi connectivity index (χ2v) is 5.08. The molecule has 0 radical (unpaired) electrons. The first-order valence-corrected chi connectivity index (χ1v) is 5.74. The van der Waals surface area contributed by atoms with Crippen LogP contribution < -0.4 is 5.73 Å². The van der Waals surface area contributed by atoms with Gasteiger partial charge >= 0.3 is 0 Å². The van der Waals surface area contributed by atoms with E-state index in [2.05, 4.69) is 4.98 Å². The highest BCUT2D eigenvalue weighted by Gasteiger charge is 2.25. The lowest BCUT2D eigenvalue weighted by atomic mass is 10.5. The van der Waals surface area contributed by atoms with Crippen molar-refractivity contribution in [3.63, 3.8) is 0 Å². The SMILES string of the molecule is CN(CC(F)F)S(=O)(=O)c1cccnc1N. The average Bonchev–Trinajstić information content (AvgIpc) is 2.16. The Morgan fingerprint density at radius 1 is 1.56 bits per heavy atom. The number of halogens is 2. The van der Waals surface area contributed by atoms with Crippen molar-refractivity contribution in [2.75, 3.05) is 19.3 Å².